The van der Waals surface area contributed by atoms with E-state index in [-0.39, 0.29) is 16.1 Å². The average Bonchev–Trinajstić information content (AvgIpc) is 2.74. The molecule has 7 heteroatoms. The van der Waals surface area contributed by atoms with Crippen molar-refractivity contribution in [3.05, 3.63) is 45.3 Å². The summed E-state index contributed by atoms with van der Waals surface area (Å²) in [6.45, 7) is 0.408. The zero-order chi connectivity index (χ0) is 14.7. The predicted octanol–water partition coefficient (Wildman–Crippen LogP) is 2.57. The number of carbonyl (C=O) groups is 1. The number of nitrogens with zero attached hydrogens (tertiary/aromatic N) is 1. The van der Waals surface area contributed by atoms with Crippen molar-refractivity contribution >= 4 is 39.5 Å². The lowest BCUT2D eigenvalue weighted by Gasteiger charge is -2.07. The first-order valence-electron chi connectivity index (χ1n) is 5.64. The molecule has 0 radical (unpaired) electrons. The van der Waals surface area contributed by atoms with Gasteiger partial charge in [0.25, 0.3) is 5.91 Å². The number of anilines is 2. The molecule has 102 valence electrons. The van der Waals surface area contributed by atoms with Gasteiger partial charge in [-0.25, -0.2) is 0 Å². The summed E-state index contributed by atoms with van der Waals surface area (Å²) in [5.41, 5.74) is 12.2. The quantitative estimate of drug-likeness (QED) is 0.807. The maximum absolute atomic E-state index is 11.4. The highest BCUT2D eigenvalue weighted by molar-refractivity contribution is 7.17. The van der Waals surface area contributed by atoms with E-state index >= 15 is 0 Å². The SMILES string of the molecule is N#Cc1sc(NCc2ccccc2Cl)c(C(N)=O)c1N. The van der Waals surface area contributed by atoms with Crippen molar-refractivity contribution in [2.24, 2.45) is 5.73 Å². The van der Waals surface area contributed by atoms with Crippen molar-refractivity contribution in [2.45, 2.75) is 6.54 Å². The normalized spacial score (nSPS) is 10.0. The first-order valence-corrected chi connectivity index (χ1v) is 6.83. The number of halogens is 1. The summed E-state index contributed by atoms with van der Waals surface area (Å²) in [7, 11) is 0. The molecule has 0 saturated heterocycles. The van der Waals surface area contributed by atoms with Crippen LogP contribution in [0.1, 0.15) is 20.8 Å². The summed E-state index contributed by atoms with van der Waals surface area (Å²) in [4.78, 5) is 11.7. The highest BCUT2D eigenvalue weighted by Gasteiger charge is 2.20. The number of nitriles is 1. The monoisotopic (exact) mass is 306 g/mol. The summed E-state index contributed by atoms with van der Waals surface area (Å²) in [6, 6.07) is 9.27. The molecule has 1 heterocycles. The Balaban J connectivity index is 2.29. The van der Waals surface area contributed by atoms with Gasteiger partial charge in [0.05, 0.1) is 11.3 Å². The fraction of sp³-hybridized carbons (Fsp3) is 0.0769. The van der Waals surface area contributed by atoms with Gasteiger partial charge in [0.2, 0.25) is 0 Å². The van der Waals surface area contributed by atoms with E-state index in [0.29, 0.717) is 16.6 Å². The first kappa shape index (κ1) is 14.2. The fourth-order valence-corrected chi connectivity index (χ4v) is 2.83. The number of nitrogen functional groups attached to an aromatic ring is 1. The van der Waals surface area contributed by atoms with Gasteiger partial charge in [0, 0.05) is 11.6 Å². The Bertz CT molecular complexity index is 705. The Kier molecular flexibility index (Phi) is 4.13. The highest BCUT2D eigenvalue weighted by atomic mass is 35.5. The molecule has 0 bridgehead atoms. The first-order chi connectivity index (χ1) is 9.54. The van der Waals surface area contributed by atoms with Crippen LogP contribution >= 0.6 is 22.9 Å². The van der Waals surface area contributed by atoms with Crippen molar-refractivity contribution in [3.63, 3.8) is 0 Å². The van der Waals surface area contributed by atoms with Crippen LogP contribution in [0.2, 0.25) is 5.02 Å². The third-order valence-corrected chi connectivity index (χ3v) is 4.13. The minimum absolute atomic E-state index is 0.117. The van der Waals surface area contributed by atoms with Gasteiger partial charge in [-0.3, -0.25) is 4.79 Å². The van der Waals surface area contributed by atoms with E-state index < -0.39 is 5.91 Å². The largest absolute Gasteiger partial charge is 0.396 e. The van der Waals surface area contributed by atoms with E-state index in [9.17, 15) is 4.79 Å². The van der Waals surface area contributed by atoms with Crippen LogP contribution in [0.5, 0.6) is 0 Å². The Morgan fingerprint density at radius 1 is 1.45 bits per heavy atom. The standard InChI is InChI=1S/C13H11ClN4OS/c14-8-4-2-1-3-7(8)6-18-13-10(12(17)19)11(16)9(5-15)20-13/h1-4,18H,6,16H2,(H2,17,19). The van der Waals surface area contributed by atoms with Crippen molar-refractivity contribution in [2.75, 3.05) is 11.1 Å². The maximum Gasteiger partial charge on any atom is 0.253 e. The molecule has 0 saturated carbocycles. The minimum Gasteiger partial charge on any atom is -0.396 e. The number of thiophene rings is 1. The van der Waals surface area contributed by atoms with E-state index in [0.717, 1.165) is 16.9 Å². The number of hydrogen-bond acceptors (Lipinski definition) is 5. The molecule has 5 N–H and O–H groups in total. The zero-order valence-electron chi connectivity index (χ0n) is 10.3. The smallest absolute Gasteiger partial charge is 0.253 e. The van der Waals surface area contributed by atoms with Crippen LogP contribution in [0.3, 0.4) is 0 Å². The fourth-order valence-electron chi connectivity index (χ4n) is 1.71. The van der Waals surface area contributed by atoms with Crippen LogP contribution < -0.4 is 16.8 Å². The van der Waals surface area contributed by atoms with Gasteiger partial charge in [-0.05, 0) is 11.6 Å². The summed E-state index contributed by atoms with van der Waals surface area (Å²) in [6.07, 6.45) is 0. The summed E-state index contributed by atoms with van der Waals surface area (Å²) in [5.74, 6) is -0.665. The molecule has 0 atom stereocenters. The number of primary amides is 1. The number of benzene rings is 1. The molecule has 20 heavy (non-hydrogen) atoms. The van der Waals surface area contributed by atoms with Crippen LogP contribution in [-0.4, -0.2) is 5.91 Å². The molecule has 2 rings (SSSR count). The number of rotatable bonds is 4. The Hall–Kier alpha value is -2.23. The predicted molar refractivity (Wildman–Crippen MR) is 80.7 cm³/mol. The summed E-state index contributed by atoms with van der Waals surface area (Å²) >= 11 is 7.15. The molecule has 5 nitrogen and oxygen atoms in total. The van der Waals surface area contributed by atoms with Crippen LogP contribution in [0.15, 0.2) is 24.3 Å². The average molecular weight is 307 g/mol. The second-order valence-corrected chi connectivity index (χ2v) is 5.40. The zero-order valence-corrected chi connectivity index (χ0v) is 11.9. The molecule has 1 aromatic carbocycles. The van der Waals surface area contributed by atoms with Crippen molar-refractivity contribution in [1.29, 1.82) is 5.26 Å². The van der Waals surface area contributed by atoms with Crippen molar-refractivity contribution < 1.29 is 4.79 Å². The van der Waals surface area contributed by atoms with Gasteiger partial charge in [0.1, 0.15) is 15.9 Å². The van der Waals surface area contributed by atoms with Crippen LogP contribution in [0.4, 0.5) is 10.7 Å². The van der Waals surface area contributed by atoms with Gasteiger partial charge in [-0.15, -0.1) is 11.3 Å². The molecule has 0 unspecified atom stereocenters. The Morgan fingerprint density at radius 3 is 2.75 bits per heavy atom. The van der Waals surface area contributed by atoms with Gasteiger partial charge in [-0.1, -0.05) is 29.8 Å². The van der Waals surface area contributed by atoms with Crippen LogP contribution in [0, 0.1) is 11.3 Å². The highest BCUT2D eigenvalue weighted by Crippen LogP contribution is 2.35. The van der Waals surface area contributed by atoms with Gasteiger partial charge >= 0.3 is 0 Å². The van der Waals surface area contributed by atoms with E-state index in [1.54, 1.807) is 6.07 Å². The second kappa shape index (κ2) is 5.82. The minimum atomic E-state index is -0.665. The Labute approximate surface area is 124 Å². The van der Waals surface area contributed by atoms with Crippen molar-refractivity contribution in [3.8, 4) is 6.07 Å². The number of carbonyl (C=O) groups excluding carboxylic acids is 1. The van der Waals surface area contributed by atoms with E-state index in [1.807, 2.05) is 24.3 Å². The molecule has 0 spiro atoms. The summed E-state index contributed by atoms with van der Waals surface area (Å²) in [5, 5.41) is 13.1. The third-order valence-electron chi connectivity index (χ3n) is 2.69. The number of amides is 1. The molecule has 0 aliphatic carbocycles. The van der Waals surface area contributed by atoms with E-state index in [2.05, 4.69) is 5.32 Å². The number of hydrogen-bond donors (Lipinski definition) is 3. The van der Waals surface area contributed by atoms with E-state index in [4.69, 9.17) is 28.3 Å². The molecule has 1 amide bonds. The lowest BCUT2D eigenvalue weighted by molar-refractivity contribution is 0.100. The summed E-state index contributed by atoms with van der Waals surface area (Å²) < 4.78 is 0. The number of nitrogens with two attached hydrogens (primary N) is 2. The topological polar surface area (TPSA) is 105 Å². The molecule has 0 aliphatic heterocycles. The van der Waals surface area contributed by atoms with Crippen LogP contribution in [-0.2, 0) is 6.54 Å². The van der Waals surface area contributed by atoms with Crippen LogP contribution in [0.25, 0.3) is 0 Å². The lowest BCUT2D eigenvalue weighted by Crippen LogP contribution is -2.14. The van der Waals surface area contributed by atoms with Gasteiger partial charge < -0.3 is 16.8 Å². The molecule has 0 aliphatic rings. The molecular formula is C13H11ClN4OS. The molecular weight excluding hydrogens is 296 g/mol. The Morgan fingerprint density at radius 2 is 2.15 bits per heavy atom. The maximum atomic E-state index is 11.4. The van der Waals surface area contributed by atoms with Crippen molar-refractivity contribution in [1.82, 2.24) is 0 Å². The number of nitrogens with one attached hydrogen (secondary N) is 1. The van der Waals surface area contributed by atoms with Gasteiger partial charge in [0.15, 0.2) is 0 Å². The van der Waals surface area contributed by atoms with E-state index in [1.165, 1.54) is 0 Å². The third kappa shape index (κ3) is 2.69. The molecule has 1 aromatic heterocycles. The molecule has 2 aromatic rings. The van der Waals surface area contributed by atoms with Gasteiger partial charge in [-0.2, -0.15) is 5.26 Å². The second-order valence-electron chi connectivity index (χ2n) is 3.97. The lowest BCUT2D eigenvalue weighted by atomic mass is 10.2. The molecule has 0 fully saturated rings.